The zero-order chi connectivity index (χ0) is 21.1. The number of hydrogen-bond donors (Lipinski definition) is 2. The van der Waals surface area contributed by atoms with Crippen LogP contribution >= 0.6 is 0 Å². The van der Waals surface area contributed by atoms with Crippen molar-refractivity contribution in [3.8, 4) is 0 Å². The minimum Gasteiger partial charge on any atom is -0.481 e. The molecule has 1 heterocycles. The van der Waals surface area contributed by atoms with Gasteiger partial charge in [0, 0.05) is 6.92 Å². The number of benzene rings is 1. The molecular formula is C19H24N4O5. The maximum Gasteiger partial charge on any atom is 0.381 e. The Morgan fingerprint density at radius 3 is 2.36 bits per heavy atom. The molecule has 1 aromatic heterocycles. The molecule has 0 aliphatic heterocycles. The minimum absolute atomic E-state index is 0.0439. The summed E-state index contributed by atoms with van der Waals surface area (Å²) in [5.41, 5.74) is 1.73. The lowest BCUT2D eigenvalue weighted by molar-refractivity contribution is -0.389. The van der Waals surface area contributed by atoms with Gasteiger partial charge < -0.3 is 20.5 Å². The first-order valence-corrected chi connectivity index (χ1v) is 8.77. The molecule has 9 heteroatoms. The molecule has 2 N–H and O–H groups in total. The summed E-state index contributed by atoms with van der Waals surface area (Å²) in [6, 6.07) is 6.74. The van der Waals surface area contributed by atoms with Crippen LogP contribution in [0.2, 0.25) is 0 Å². The second-order valence-electron chi connectivity index (χ2n) is 7.62. The molecule has 1 aromatic carbocycles. The summed E-state index contributed by atoms with van der Waals surface area (Å²) in [5.74, 6) is -1.52. The standard InChI is InChI=1S/C19H24N4O5/c1-12-20-16(23(27)28)10-22(12)11-17(24)21-15(9-18(25)26)13-5-7-14(8-6-13)19(2,3)4/h5-8,10,15H,9,11H2,1-4H3,(H,21,24)(H,25,26). The van der Waals surface area contributed by atoms with E-state index in [-0.39, 0.29) is 24.2 Å². The predicted octanol–water partition coefficient (Wildman–Crippen LogP) is 2.73. The number of amides is 1. The fraction of sp³-hybridized carbons (Fsp3) is 0.421. The summed E-state index contributed by atoms with van der Waals surface area (Å²) in [6.45, 7) is 7.59. The highest BCUT2D eigenvalue weighted by molar-refractivity contribution is 5.77. The SMILES string of the molecule is Cc1nc([N+](=O)[O-])cn1CC(=O)NC(CC(=O)O)c1ccc(C(C)(C)C)cc1. The summed E-state index contributed by atoms with van der Waals surface area (Å²) in [5, 5.41) is 22.7. The van der Waals surface area contributed by atoms with Crippen LogP contribution in [-0.2, 0) is 21.5 Å². The van der Waals surface area contributed by atoms with Crippen molar-refractivity contribution < 1.29 is 19.6 Å². The predicted molar refractivity (Wildman–Crippen MR) is 102 cm³/mol. The normalized spacial score (nSPS) is 12.4. The molecule has 0 aliphatic rings. The fourth-order valence-electron chi connectivity index (χ4n) is 2.78. The first kappa shape index (κ1) is 21.1. The summed E-state index contributed by atoms with van der Waals surface area (Å²) in [6.07, 6.45) is 0.906. The number of hydrogen-bond acceptors (Lipinski definition) is 5. The Balaban J connectivity index is 2.16. The van der Waals surface area contributed by atoms with E-state index in [1.54, 1.807) is 6.92 Å². The summed E-state index contributed by atoms with van der Waals surface area (Å²) in [7, 11) is 0. The van der Waals surface area contributed by atoms with Crippen molar-refractivity contribution in [2.75, 3.05) is 0 Å². The zero-order valence-corrected chi connectivity index (χ0v) is 16.3. The minimum atomic E-state index is -1.04. The molecule has 28 heavy (non-hydrogen) atoms. The molecular weight excluding hydrogens is 364 g/mol. The molecule has 1 amide bonds. The van der Waals surface area contributed by atoms with Gasteiger partial charge in [0.1, 0.15) is 12.7 Å². The Morgan fingerprint density at radius 1 is 1.29 bits per heavy atom. The lowest BCUT2D eigenvalue weighted by Gasteiger charge is -2.22. The van der Waals surface area contributed by atoms with Gasteiger partial charge in [-0.05, 0) is 26.4 Å². The van der Waals surface area contributed by atoms with E-state index < -0.39 is 22.8 Å². The summed E-state index contributed by atoms with van der Waals surface area (Å²) >= 11 is 0. The summed E-state index contributed by atoms with van der Waals surface area (Å²) < 4.78 is 1.36. The van der Waals surface area contributed by atoms with Crippen molar-refractivity contribution in [2.45, 2.75) is 52.1 Å². The van der Waals surface area contributed by atoms with Crippen LogP contribution in [0.5, 0.6) is 0 Å². The number of rotatable bonds is 7. The van der Waals surface area contributed by atoms with Gasteiger partial charge in [-0.15, -0.1) is 0 Å². The Hall–Kier alpha value is -3.23. The van der Waals surface area contributed by atoms with Gasteiger partial charge in [0.15, 0.2) is 0 Å². The smallest absolute Gasteiger partial charge is 0.381 e. The molecule has 150 valence electrons. The molecule has 0 aliphatic carbocycles. The second kappa shape index (κ2) is 8.20. The fourth-order valence-corrected chi connectivity index (χ4v) is 2.78. The molecule has 0 radical (unpaired) electrons. The van der Waals surface area contributed by atoms with Gasteiger partial charge in [0.25, 0.3) is 0 Å². The highest BCUT2D eigenvalue weighted by Crippen LogP contribution is 2.25. The van der Waals surface area contributed by atoms with E-state index in [1.165, 1.54) is 10.8 Å². The van der Waals surface area contributed by atoms with Gasteiger partial charge in [-0.3, -0.25) is 14.2 Å². The Labute approximate surface area is 162 Å². The van der Waals surface area contributed by atoms with E-state index in [0.717, 1.165) is 5.56 Å². The number of carboxylic acid groups (broad SMARTS) is 1. The molecule has 0 bridgehead atoms. The van der Waals surface area contributed by atoms with E-state index in [1.807, 2.05) is 24.3 Å². The largest absolute Gasteiger partial charge is 0.481 e. The number of imidazole rings is 1. The summed E-state index contributed by atoms with van der Waals surface area (Å²) in [4.78, 5) is 37.6. The molecule has 0 saturated carbocycles. The van der Waals surface area contributed by atoms with Crippen molar-refractivity contribution in [1.82, 2.24) is 14.9 Å². The third-order valence-corrected chi connectivity index (χ3v) is 4.36. The quantitative estimate of drug-likeness (QED) is 0.554. The van der Waals surface area contributed by atoms with Crippen molar-refractivity contribution in [3.05, 3.63) is 57.5 Å². The molecule has 0 fully saturated rings. The average Bonchev–Trinajstić information content (AvgIpc) is 2.94. The van der Waals surface area contributed by atoms with Crippen molar-refractivity contribution in [2.24, 2.45) is 0 Å². The molecule has 0 saturated heterocycles. The van der Waals surface area contributed by atoms with Gasteiger partial charge in [0.05, 0.1) is 12.5 Å². The molecule has 1 unspecified atom stereocenters. The van der Waals surface area contributed by atoms with E-state index in [4.69, 9.17) is 0 Å². The lowest BCUT2D eigenvalue weighted by atomic mass is 9.86. The number of nitro groups is 1. The molecule has 0 spiro atoms. The van der Waals surface area contributed by atoms with Crippen molar-refractivity contribution >= 4 is 17.7 Å². The molecule has 1 atom stereocenters. The number of carboxylic acids is 1. The van der Waals surface area contributed by atoms with Crippen molar-refractivity contribution in [3.63, 3.8) is 0 Å². The maximum absolute atomic E-state index is 12.4. The second-order valence-corrected chi connectivity index (χ2v) is 7.62. The van der Waals surface area contributed by atoms with Gasteiger partial charge in [-0.25, -0.2) is 0 Å². The number of nitrogens with zero attached hydrogens (tertiary/aromatic N) is 3. The molecule has 9 nitrogen and oxygen atoms in total. The van der Waals surface area contributed by atoms with Crippen LogP contribution in [0.15, 0.2) is 30.5 Å². The lowest BCUT2D eigenvalue weighted by Crippen LogP contribution is -2.33. The van der Waals surface area contributed by atoms with E-state index in [9.17, 15) is 24.8 Å². The van der Waals surface area contributed by atoms with Crippen LogP contribution in [0.4, 0.5) is 5.82 Å². The van der Waals surface area contributed by atoms with Gasteiger partial charge in [-0.1, -0.05) is 45.0 Å². The van der Waals surface area contributed by atoms with E-state index in [0.29, 0.717) is 11.4 Å². The van der Waals surface area contributed by atoms with Gasteiger partial charge >= 0.3 is 11.8 Å². The number of aromatic nitrogens is 2. The van der Waals surface area contributed by atoms with Gasteiger partial charge in [0.2, 0.25) is 11.7 Å². The average molecular weight is 388 g/mol. The number of aliphatic carboxylic acids is 1. The zero-order valence-electron chi connectivity index (χ0n) is 16.3. The first-order valence-electron chi connectivity index (χ1n) is 8.77. The Bertz CT molecular complexity index is 881. The van der Waals surface area contributed by atoms with Crippen LogP contribution in [0.3, 0.4) is 0 Å². The van der Waals surface area contributed by atoms with E-state index >= 15 is 0 Å². The third-order valence-electron chi connectivity index (χ3n) is 4.36. The molecule has 2 aromatic rings. The van der Waals surface area contributed by atoms with E-state index in [2.05, 4.69) is 31.1 Å². The number of aryl methyl sites for hydroxylation is 1. The monoisotopic (exact) mass is 388 g/mol. The van der Waals surface area contributed by atoms with Crippen LogP contribution in [0.1, 0.15) is 50.2 Å². The number of carbonyl (C=O) groups excluding carboxylic acids is 1. The molecule has 2 rings (SSSR count). The third kappa shape index (κ3) is 5.38. The number of carbonyl (C=O) groups is 2. The van der Waals surface area contributed by atoms with Crippen molar-refractivity contribution in [1.29, 1.82) is 0 Å². The topological polar surface area (TPSA) is 127 Å². The van der Waals surface area contributed by atoms with Crippen LogP contribution < -0.4 is 5.32 Å². The first-order chi connectivity index (χ1) is 13.0. The Kier molecular flexibility index (Phi) is 6.17. The highest BCUT2D eigenvalue weighted by Gasteiger charge is 2.22. The Morgan fingerprint density at radius 2 is 1.89 bits per heavy atom. The van der Waals surface area contributed by atoms with Crippen LogP contribution in [0, 0.1) is 17.0 Å². The highest BCUT2D eigenvalue weighted by atomic mass is 16.6. The van der Waals surface area contributed by atoms with Crippen LogP contribution in [-0.4, -0.2) is 31.5 Å². The van der Waals surface area contributed by atoms with Gasteiger partial charge in [-0.2, -0.15) is 0 Å². The number of nitrogens with one attached hydrogen (secondary N) is 1. The maximum atomic E-state index is 12.4. The van der Waals surface area contributed by atoms with Crippen LogP contribution in [0.25, 0.3) is 0 Å².